The molecule has 0 bridgehead atoms. The highest BCUT2D eigenvalue weighted by Crippen LogP contribution is 2.13. The third kappa shape index (κ3) is 3.84. The zero-order valence-corrected chi connectivity index (χ0v) is 11.1. The molecule has 18 heavy (non-hydrogen) atoms. The van der Waals surface area contributed by atoms with Gasteiger partial charge in [-0.25, -0.2) is 0 Å². The number of rotatable bonds is 5. The average molecular weight is 246 g/mol. The van der Waals surface area contributed by atoms with Gasteiger partial charge in [-0.1, -0.05) is 30.3 Å². The summed E-state index contributed by atoms with van der Waals surface area (Å²) in [5.74, 6) is 0.151. The van der Waals surface area contributed by atoms with Gasteiger partial charge in [0, 0.05) is 19.0 Å². The molecule has 2 rings (SSSR count). The molecule has 1 N–H and O–H groups in total. The van der Waals surface area contributed by atoms with Gasteiger partial charge in [0.2, 0.25) is 5.91 Å². The Bertz CT molecular complexity index is 371. The summed E-state index contributed by atoms with van der Waals surface area (Å²) in [7, 11) is 0. The first-order valence-electron chi connectivity index (χ1n) is 6.80. The summed E-state index contributed by atoms with van der Waals surface area (Å²) in [6, 6.07) is 10.4. The lowest BCUT2D eigenvalue weighted by Crippen LogP contribution is -2.35. The van der Waals surface area contributed by atoms with Crippen LogP contribution in [-0.4, -0.2) is 29.9 Å². The predicted octanol–water partition coefficient (Wildman–Crippen LogP) is 2.18. The summed E-state index contributed by atoms with van der Waals surface area (Å²) in [6.07, 6.45) is 3.15. The van der Waals surface area contributed by atoms with Gasteiger partial charge in [-0.2, -0.15) is 0 Å². The molecule has 0 aromatic heterocycles. The highest BCUT2D eigenvalue weighted by Gasteiger charge is 2.19. The molecule has 0 saturated carbocycles. The molecule has 1 heterocycles. The van der Waals surface area contributed by atoms with E-state index >= 15 is 0 Å². The minimum Gasteiger partial charge on any atom is -0.352 e. The molecule has 1 fully saturated rings. The number of carbonyl (C=O) groups excluding carboxylic acids is 1. The summed E-state index contributed by atoms with van der Waals surface area (Å²) in [6.45, 7) is 5.07. The van der Waals surface area contributed by atoms with Gasteiger partial charge in [0.05, 0.1) is 0 Å². The number of nitrogens with zero attached hydrogens (tertiary/aromatic N) is 1. The topological polar surface area (TPSA) is 32.3 Å². The van der Waals surface area contributed by atoms with Gasteiger partial charge >= 0.3 is 0 Å². The Hall–Kier alpha value is -1.35. The second-order valence-corrected chi connectivity index (χ2v) is 5.06. The van der Waals surface area contributed by atoms with Crippen molar-refractivity contribution in [2.24, 2.45) is 0 Å². The van der Waals surface area contributed by atoms with E-state index in [1.807, 2.05) is 30.3 Å². The smallest absolute Gasteiger partial charge is 0.221 e. The summed E-state index contributed by atoms with van der Waals surface area (Å²) in [5.41, 5.74) is 1.15. The van der Waals surface area contributed by atoms with E-state index in [4.69, 9.17) is 0 Å². The van der Waals surface area contributed by atoms with Crippen LogP contribution in [0.15, 0.2) is 30.3 Å². The lowest BCUT2D eigenvalue weighted by atomic mass is 10.2. The number of nitrogens with one attached hydrogen (secondary N) is 1. The van der Waals surface area contributed by atoms with Crippen LogP contribution in [0, 0.1) is 0 Å². The van der Waals surface area contributed by atoms with Crippen LogP contribution in [0.2, 0.25) is 0 Å². The van der Waals surface area contributed by atoms with Gasteiger partial charge in [-0.3, -0.25) is 4.79 Å². The highest BCUT2D eigenvalue weighted by atomic mass is 16.1. The maximum atomic E-state index is 11.8. The first-order chi connectivity index (χ1) is 8.75. The molecule has 1 saturated heterocycles. The van der Waals surface area contributed by atoms with Gasteiger partial charge in [-0.05, 0) is 38.4 Å². The lowest BCUT2D eigenvalue weighted by Gasteiger charge is -2.23. The predicted molar refractivity (Wildman–Crippen MR) is 73.2 cm³/mol. The molecular weight excluding hydrogens is 224 g/mol. The van der Waals surface area contributed by atoms with Crippen LogP contribution in [0.5, 0.6) is 0 Å². The molecule has 98 valence electrons. The van der Waals surface area contributed by atoms with E-state index in [9.17, 15) is 4.79 Å². The van der Waals surface area contributed by atoms with Crippen molar-refractivity contribution in [2.75, 3.05) is 13.1 Å². The lowest BCUT2D eigenvalue weighted by molar-refractivity contribution is -0.122. The minimum atomic E-state index is 0.151. The quantitative estimate of drug-likeness (QED) is 0.863. The van der Waals surface area contributed by atoms with Gasteiger partial charge in [-0.15, -0.1) is 0 Å². The Morgan fingerprint density at radius 1 is 1.28 bits per heavy atom. The van der Waals surface area contributed by atoms with Crippen molar-refractivity contribution < 1.29 is 4.79 Å². The first-order valence-corrected chi connectivity index (χ1v) is 6.80. The molecule has 1 aromatic rings. The van der Waals surface area contributed by atoms with E-state index in [0.717, 1.165) is 18.7 Å². The molecule has 1 aliphatic rings. The Morgan fingerprint density at radius 2 is 1.94 bits per heavy atom. The Labute approximate surface area is 109 Å². The van der Waals surface area contributed by atoms with Crippen LogP contribution in [0.25, 0.3) is 0 Å². The average Bonchev–Trinajstić information content (AvgIpc) is 2.91. The molecule has 1 amide bonds. The van der Waals surface area contributed by atoms with Crippen LogP contribution in [0.1, 0.15) is 31.7 Å². The van der Waals surface area contributed by atoms with Gasteiger partial charge in [0.1, 0.15) is 0 Å². The molecule has 0 unspecified atom stereocenters. The summed E-state index contributed by atoms with van der Waals surface area (Å²) >= 11 is 0. The van der Waals surface area contributed by atoms with Crippen LogP contribution in [-0.2, 0) is 11.3 Å². The maximum Gasteiger partial charge on any atom is 0.221 e. The minimum absolute atomic E-state index is 0.151. The van der Waals surface area contributed by atoms with Crippen LogP contribution in [0.4, 0.5) is 0 Å². The van der Waals surface area contributed by atoms with E-state index in [-0.39, 0.29) is 5.91 Å². The number of likely N-dealkylation sites (tertiary alicyclic amines) is 1. The molecule has 1 aromatic carbocycles. The Morgan fingerprint density at radius 3 is 2.61 bits per heavy atom. The molecule has 0 aliphatic carbocycles. The summed E-state index contributed by atoms with van der Waals surface area (Å²) in [5, 5.41) is 2.99. The molecule has 0 spiro atoms. The van der Waals surface area contributed by atoms with Crippen molar-refractivity contribution >= 4 is 5.91 Å². The summed E-state index contributed by atoms with van der Waals surface area (Å²) < 4.78 is 0. The SMILES string of the molecule is C[C@@H](CC(=O)NCc1ccccc1)N1CCCC1. The monoisotopic (exact) mass is 246 g/mol. The molecule has 1 atom stereocenters. The highest BCUT2D eigenvalue weighted by molar-refractivity contribution is 5.76. The van der Waals surface area contributed by atoms with Gasteiger partial charge in [0.15, 0.2) is 0 Å². The van der Waals surface area contributed by atoms with E-state index in [1.165, 1.54) is 12.8 Å². The van der Waals surface area contributed by atoms with Crippen molar-refractivity contribution in [2.45, 2.75) is 38.8 Å². The molecule has 0 radical (unpaired) electrons. The van der Waals surface area contributed by atoms with Crippen molar-refractivity contribution in [3.8, 4) is 0 Å². The Balaban J connectivity index is 1.71. The fourth-order valence-corrected chi connectivity index (χ4v) is 2.45. The van der Waals surface area contributed by atoms with Crippen LogP contribution < -0.4 is 5.32 Å². The second-order valence-electron chi connectivity index (χ2n) is 5.06. The third-order valence-corrected chi connectivity index (χ3v) is 3.58. The standard InChI is InChI=1S/C15H22N2O/c1-13(17-9-5-6-10-17)11-15(18)16-12-14-7-3-2-4-8-14/h2-4,7-8,13H,5-6,9-12H2,1H3,(H,16,18)/t13-/m0/s1. The van der Waals surface area contributed by atoms with E-state index in [2.05, 4.69) is 17.1 Å². The number of hydrogen-bond acceptors (Lipinski definition) is 2. The zero-order valence-electron chi connectivity index (χ0n) is 11.1. The fourth-order valence-electron chi connectivity index (χ4n) is 2.45. The van der Waals surface area contributed by atoms with Crippen LogP contribution in [0.3, 0.4) is 0 Å². The van der Waals surface area contributed by atoms with Gasteiger partial charge in [0.25, 0.3) is 0 Å². The molecular formula is C15H22N2O. The maximum absolute atomic E-state index is 11.8. The number of amides is 1. The normalized spacial score (nSPS) is 17.6. The Kier molecular flexibility index (Phi) is 4.76. The first kappa shape index (κ1) is 13.1. The van der Waals surface area contributed by atoms with Crippen molar-refractivity contribution in [1.82, 2.24) is 10.2 Å². The van der Waals surface area contributed by atoms with E-state index in [0.29, 0.717) is 19.0 Å². The molecule has 3 nitrogen and oxygen atoms in total. The number of benzene rings is 1. The third-order valence-electron chi connectivity index (χ3n) is 3.58. The second kappa shape index (κ2) is 6.55. The fraction of sp³-hybridized carbons (Fsp3) is 0.533. The van der Waals surface area contributed by atoms with Crippen molar-refractivity contribution in [3.05, 3.63) is 35.9 Å². The largest absolute Gasteiger partial charge is 0.352 e. The van der Waals surface area contributed by atoms with Crippen molar-refractivity contribution in [3.63, 3.8) is 0 Å². The van der Waals surface area contributed by atoms with Crippen LogP contribution >= 0.6 is 0 Å². The zero-order chi connectivity index (χ0) is 12.8. The van der Waals surface area contributed by atoms with Crippen molar-refractivity contribution in [1.29, 1.82) is 0 Å². The summed E-state index contributed by atoms with van der Waals surface area (Å²) in [4.78, 5) is 14.3. The van der Waals surface area contributed by atoms with E-state index in [1.54, 1.807) is 0 Å². The number of carbonyl (C=O) groups is 1. The van der Waals surface area contributed by atoms with E-state index < -0.39 is 0 Å². The number of hydrogen-bond donors (Lipinski definition) is 1. The van der Waals surface area contributed by atoms with Gasteiger partial charge < -0.3 is 10.2 Å². The molecule has 3 heteroatoms. The molecule has 1 aliphatic heterocycles.